The summed E-state index contributed by atoms with van der Waals surface area (Å²) in [6, 6.07) is 12.4. The number of nitrogens with one attached hydrogen (secondary N) is 1. The number of hydrogen-bond acceptors (Lipinski definition) is 5. The third-order valence-corrected chi connectivity index (χ3v) is 5.85. The fourth-order valence-corrected chi connectivity index (χ4v) is 4.31. The van der Waals surface area contributed by atoms with Gasteiger partial charge in [-0.2, -0.15) is 0 Å². The van der Waals surface area contributed by atoms with Gasteiger partial charge in [0, 0.05) is 17.2 Å². The van der Waals surface area contributed by atoms with Crippen LogP contribution in [0.1, 0.15) is 34.8 Å². The number of benzene rings is 2. The fourth-order valence-electron chi connectivity index (χ4n) is 3.74. The first kappa shape index (κ1) is 24.3. The summed E-state index contributed by atoms with van der Waals surface area (Å²) in [7, 11) is -3.34. The highest BCUT2D eigenvalue weighted by Crippen LogP contribution is 2.29. The summed E-state index contributed by atoms with van der Waals surface area (Å²) >= 11 is 0. The van der Waals surface area contributed by atoms with E-state index in [1.54, 1.807) is 24.3 Å². The third-order valence-electron chi connectivity index (χ3n) is 5.24. The number of aliphatic hydroxyl groups excluding tert-OH is 1. The fraction of sp³-hybridized carbons (Fsp3) is 0.381. The zero-order valence-corrected chi connectivity index (χ0v) is 18.3. The maximum Gasteiger partial charge on any atom is 0.229 e. The van der Waals surface area contributed by atoms with Crippen molar-refractivity contribution in [3.63, 3.8) is 0 Å². The van der Waals surface area contributed by atoms with Crippen molar-refractivity contribution in [3.05, 3.63) is 65.5 Å². The molecule has 30 heavy (non-hydrogen) atoms. The molecule has 9 heteroatoms. The maximum atomic E-state index is 13.1. The Bertz CT molecular complexity index is 944. The van der Waals surface area contributed by atoms with Gasteiger partial charge in [0.15, 0.2) is 5.78 Å². The van der Waals surface area contributed by atoms with Crippen molar-refractivity contribution in [3.8, 4) is 0 Å². The number of ketones is 1. The zero-order valence-electron chi connectivity index (χ0n) is 16.6. The predicted octanol–water partition coefficient (Wildman–Crippen LogP) is 3.25. The van der Waals surface area contributed by atoms with E-state index in [-0.39, 0.29) is 42.6 Å². The van der Waals surface area contributed by atoms with Crippen LogP contribution in [0, 0.1) is 11.7 Å². The topological polar surface area (TPSA) is 86.7 Å². The summed E-state index contributed by atoms with van der Waals surface area (Å²) in [5.74, 6) is -0.446. The van der Waals surface area contributed by atoms with Crippen molar-refractivity contribution >= 4 is 33.9 Å². The van der Waals surface area contributed by atoms with Crippen molar-refractivity contribution in [2.24, 2.45) is 5.92 Å². The molecule has 0 amide bonds. The number of nitrogens with zero attached hydrogens (tertiary/aromatic N) is 1. The van der Waals surface area contributed by atoms with Crippen molar-refractivity contribution in [2.75, 3.05) is 30.7 Å². The van der Waals surface area contributed by atoms with Crippen LogP contribution in [-0.4, -0.2) is 50.2 Å². The number of carbonyl (C=O) groups excluding carboxylic acids is 1. The number of hydrogen-bond donors (Lipinski definition) is 2. The first-order valence-electron chi connectivity index (χ1n) is 9.49. The minimum Gasteiger partial charge on any atom is -0.394 e. The summed E-state index contributed by atoms with van der Waals surface area (Å²) in [5, 5.41) is 9.91. The van der Waals surface area contributed by atoms with Crippen LogP contribution in [0.3, 0.4) is 0 Å². The van der Waals surface area contributed by atoms with Crippen LogP contribution in [-0.2, 0) is 10.0 Å². The average molecular weight is 457 g/mol. The number of carbonyl (C=O) groups is 1. The molecule has 1 saturated heterocycles. The van der Waals surface area contributed by atoms with E-state index in [1.165, 1.54) is 24.3 Å². The molecule has 1 aliphatic rings. The Morgan fingerprint density at radius 3 is 2.20 bits per heavy atom. The second-order valence-corrected chi connectivity index (χ2v) is 9.12. The van der Waals surface area contributed by atoms with Crippen LogP contribution in [0.15, 0.2) is 48.5 Å². The van der Waals surface area contributed by atoms with Gasteiger partial charge in [0.25, 0.3) is 0 Å². The van der Waals surface area contributed by atoms with E-state index in [1.807, 2.05) is 0 Å². The van der Waals surface area contributed by atoms with E-state index >= 15 is 0 Å². The Labute approximate surface area is 182 Å². The highest BCUT2D eigenvalue weighted by Gasteiger charge is 2.29. The van der Waals surface area contributed by atoms with Crippen molar-refractivity contribution in [1.82, 2.24) is 4.90 Å². The van der Waals surface area contributed by atoms with Crippen molar-refractivity contribution in [1.29, 1.82) is 0 Å². The van der Waals surface area contributed by atoms with E-state index in [0.717, 1.165) is 11.8 Å². The first-order valence-corrected chi connectivity index (χ1v) is 11.4. The number of Topliss-reactive ketones (excluding diaryl/α,β-unsaturated/α-hetero) is 1. The van der Waals surface area contributed by atoms with E-state index in [2.05, 4.69) is 9.62 Å². The molecule has 0 aliphatic carbocycles. The van der Waals surface area contributed by atoms with Gasteiger partial charge in [0.05, 0.1) is 18.9 Å². The molecule has 1 atom stereocenters. The molecule has 1 aliphatic heterocycles. The number of sulfonamides is 1. The number of aliphatic hydroxyl groups is 1. The highest BCUT2D eigenvalue weighted by atomic mass is 35.5. The Morgan fingerprint density at radius 1 is 1.13 bits per heavy atom. The molecule has 2 aromatic carbocycles. The van der Waals surface area contributed by atoms with Gasteiger partial charge in [-0.15, -0.1) is 12.4 Å². The maximum absolute atomic E-state index is 13.1. The third kappa shape index (κ3) is 6.25. The predicted molar refractivity (Wildman–Crippen MR) is 117 cm³/mol. The molecule has 3 rings (SSSR count). The van der Waals surface area contributed by atoms with Gasteiger partial charge in [0.1, 0.15) is 5.82 Å². The number of anilines is 1. The standard InChI is InChI=1S/C21H25FN2O4S.ClH/c1-29(27,28)23-19-8-4-15(5-9-19)20(14-25)24-12-10-17(11-13-24)21(26)16-2-6-18(22)7-3-16;/h2-9,17,20,23,25H,10-14H2,1H3;1H. The molecular formula is C21H26ClFN2O4S. The van der Waals surface area contributed by atoms with Gasteiger partial charge < -0.3 is 5.11 Å². The van der Waals surface area contributed by atoms with Gasteiger partial charge >= 0.3 is 0 Å². The molecule has 0 aromatic heterocycles. The summed E-state index contributed by atoms with van der Waals surface area (Å²) in [6.45, 7) is 1.24. The molecule has 1 fully saturated rings. The van der Waals surface area contributed by atoms with E-state index in [9.17, 15) is 22.7 Å². The summed E-state index contributed by atoms with van der Waals surface area (Å²) < 4.78 is 38.1. The van der Waals surface area contributed by atoms with E-state index in [0.29, 0.717) is 37.2 Å². The average Bonchev–Trinajstić information content (AvgIpc) is 2.69. The normalized spacial score (nSPS) is 16.5. The van der Waals surface area contributed by atoms with Gasteiger partial charge in [0.2, 0.25) is 10.0 Å². The lowest BCUT2D eigenvalue weighted by atomic mass is 9.88. The lowest BCUT2D eigenvalue weighted by Gasteiger charge is -2.36. The molecule has 2 N–H and O–H groups in total. The molecule has 0 saturated carbocycles. The first-order chi connectivity index (χ1) is 13.8. The highest BCUT2D eigenvalue weighted by molar-refractivity contribution is 7.92. The Kier molecular flexibility index (Phi) is 8.37. The quantitative estimate of drug-likeness (QED) is 0.624. The van der Waals surface area contributed by atoms with Gasteiger partial charge in [-0.05, 0) is 67.9 Å². The zero-order chi connectivity index (χ0) is 21.0. The SMILES string of the molecule is CS(=O)(=O)Nc1ccc(C(CO)N2CCC(C(=O)c3ccc(F)cc3)CC2)cc1.Cl. The molecule has 0 bridgehead atoms. The number of rotatable bonds is 7. The van der Waals surface area contributed by atoms with Crippen LogP contribution in [0.2, 0.25) is 0 Å². The molecule has 164 valence electrons. The van der Waals surface area contributed by atoms with Crippen LogP contribution >= 0.6 is 12.4 Å². The molecule has 0 spiro atoms. The molecule has 1 heterocycles. The van der Waals surface area contributed by atoms with Crippen LogP contribution in [0.5, 0.6) is 0 Å². The minimum absolute atomic E-state index is 0. The number of halogens is 2. The minimum atomic E-state index is -3.34. The largest absolute Gasteiger partial charge is 0.394 e. The summed E-state index contributed by atoms with van der Waals surface area (Å²) in [5.41, 5.74) is 1.88. The molecular weight excluding hydrogens is 431 g/mol. The smallest absolute Gasteiger partial charge is 0.229 e. The molecule has 0 radical (unpaired) electrons. The Hall–Kier alpha value is -2.00. The monoisotopic (exact) mass is 456 g/mol. The van der Waals surface area contributed by atoms with Gasteiger partial charge in [-0.1, -0.05) is 12.1 Å². The van der Waals surface area contributed by atoms with E-state index < -0.39 is 10.0 Å². The lowest BCUT2D eigenvalue weighted by molar-refractivity contribution is 0.0690. The van der Waals surface area contributed by atoms with E-state index in [4.69, 9.17) is 0 Å². The second kappa shape index (κ2) is 10.3. The van der Waals surface area contributed by atoms with Gasteiger partial charge in [-0.25, -0.2) is 12.8 Å². The second-order valence-electron chi connectivity index (χ2n) is 7.38. The number of likely N-dealkylation sites (tertiary alicyclic amines) is 1. The molecule has 6 nitrogen and oxygen atoms in total. The Morgan fingerprint density at radius 2 is 1.70 bits per heavy atom. The summed E-state index contributed by atoms with van der Waals surface area (Å²) in [6.07, 6.45) is 2.43. The van der Waals surface area contributed by atoms with Crippen LogP contribution in [0.4, 0.5) is 10.1 Å². The lowest BCUT2D eigenvalue weighted by Crippen LogP contribution is -2.40. The number of piperidine rings is 1. The molecule has 2 aromatic rings. The van der Waals surface area contributed by atoms with Crippen LogP contribution in [0.25, 0.3) is 0 Å². The van der Waals surface area contributed by atoms with Crippen molar-refractivity contribution < 1.29 is 22.7 Å². The van der Waals surface area contributed by atoms with Crippen LogP contribution < -0.4 is 4.72 Å². The summed E-state index contributed by atoms with van der Waals surface area (Å²) in [4.78, 5) is 14.8. The Balaban J connectivity index is 0.00000320. The molecule has 1 unspecified atom stereocenters. The van der Waals surface area contributed by atoms with Crippen molar-refractivity contribution in [2.45, 2.75) is 18.9 Å². The van der Waals surface area contributed by atoms with Gasteiger partial charge in [-0.3, -0.25) is 14.4 Å².